The molecule has 6 aromatic rings. The molecule has 0 aromatic carbocycles. The van der Waals surface area contributed by atoms with Crippen LogP contribution in [0.25, 0.3) is 22.1 Å². The number of anilines is 8. The summed E-state index contributed by atoms with van der Waals surface area (Å²) in [5.74, 6) is 3.90. The summed E-state index contributed by atoms with van der Waals surface area (Å²) < 4.78 is 4.23. The lowest BCUT2D eigenvalue weighted by Gasteiger charge is -2.34. The third-order valence-corrected chi connectivity index (χ3v) is 14.9. The van der Waals surface area contributed by atoms with Crippen molar-refractivity contribution in [3.05, 3.63) is 60.2 Å². The van der Waals surface area contributed by atoms with E-state index in [9.17, 15) is 0 Å². The molecule has 356 valence electrons. The largest absolute Gasteiger partial charge is 0.368 e. The number of nitrogens with zero attached hydrogens (tertiary/aromatic N) is 16. The van der Waals surface area contributed by atoms with Gasteiger partial charge in [-0.25, -0.2) is 19.3 Å². The number of nitrogens with one attached hydrogen (secondary N) is 2. The van der Waals surface area contributed by atoms with E-state index in [0.29, 0.717) is 34.9 Å². The van der Waals surface area contributed by atoms with Crippen molar-refractivity contribution < 1.29 is 4.79 Å². The van der Waals surface area contributed by atoms with Crippen LogP contribution >= 0.6 is 0 Å². The van der Waals surface area contributed by atoms with E-state index >= 15 is 4.79 Å². The van der Waals surface area contributed by atoms with Crippen LogP contribution in [0.5, 0.6) is 0 Å². The molecule has 12 rings (SSSR count). The summed E-state index contributed by atoms with van der Waals surface area (Å²) in [4.78, 5) is 60.5. The second-order valence-corrected chi connectivity index (χ2v) is 19.6. The monoisotopic (exact) mass is 921 g/mol. The molecule has 0 bridgehead atoms. The van der Waals surface area contributed by atoms with Crippen molar-refractivity contribution in [1.82, 2.24) is 49.1 Å². The molecule has 68 heavy (non-hydrogen) atoms. The van der Waals surface area contributed by atoms with Crippen molar-refractivity contribution in [2.45, 2.75) is 51.4 Å². The number of ketones is 1. The number of carbonyl (C=O) groups excluding carboxylic acids is 1. The molecule has 0 unspecified atom stereocenters. The molecule has 0 aliphatic carbocycles. The minimum atomic E-state index is -0.0763. The van der Waals surface area contributed by atoms with E-state index in [1.165, 1.54) is 0 Å². The van der Waals surface area contributed by atoms with Gasteiger partial charge in [0.25, 0.3) is 0 Å². The zero-order valence-electron chi connectivity index (χ0n) is 39.7. The van der Waals surface area contributed by atoms with E-state index in [1.54, 1.807) is 0 Å². The highest BCUT2D eigenvalue weighted by Gasteiger charge is 2.34. The van der Waals surface area contributed by atoms with Crippen LogP contribution in [0.4, 0.5) is 46.5 Å². The van der Waals surface area contributed by atoms with Crippen LogP contribution in [0.2, 0.25) is 0 Å². The van der Waals surface area contributed by atoms with Gasteiger partial charge in [-0.3, -0.25) is 4.79 Å². The Labute approximate surface area is 397 Å². The average molecular weight is 921 g/mol. The SMILES string of the molecule is CN1CCN(c2ccc(Nc3nc(N4CCC4)c4cc(C(=O)c5cc6c(N7CCC7)nc(Nc7ccc(N8CCN(C)CC8)cn7)nc6n5N5CCCCC5)n(N5CCCCC5)c4n3)nc2)CC1. The van der Waals surface area contributed by atoms with Gasteiger partial charge in [-0.2, -0.15) is 19.9 Å². The van der Waals surface area contributed by atoms with E-state index in [0.717, 1.165) is 201 Å². The third kappa shape index (κ3) is 8.22. The zero-order valence-corrected chi connectivity index (χ0v) is 39.7. The highest BCUT2D eigenvalue weighted by Crippen LogP contribution is 2.37. The molecule has 6 aliphatic rings. The van der Waals surface area contributed by atoms with Gasteiger partial charge >= 0.3 is 0 Å². The maximum atomic E-state index is 15.9. The molecule has 0 atom stereocenters. The van der Waals surface area contributed by atoms with Crippen LogP contribution in [0.3, 0.4) is 0 Å². The Kier molecular flexibility index (Phi) is 11.5. The number of rotatable bonds is 12. The van der Waals surface area contributed by atoms with Gasteiger partial charge in [0.15, 0.2) is 11.3 Å². The van der Waals surface area contributed by atoms with E-state index in [1.807, 2.05) is 24.5 Å². The lowest BCUT2D eigenvalue weighted by Crippen LogP contribution is -2.44. The number of piperazine rings is 2. The summed E-state index contributed by atoms with van der Waals surface area (Å²) in [5.41, 5.74) is 4.83. The summed E-state index contributed by atoms with van der Waals surface area (Å²) in [6.07, 6.45) is 12.5. The second kappa shape index (κ2) is 18.2. The van der Waals surface area contributed by atoms with E-state index in [4.69, 9.17) is 29.9 Å². The van der Waals surface area contributed by atoms with E-state index < -0.39 is 0 Å². The van der Waals surface area contributed by atoms with Gasteiger partial charge in [0.05, 0.1) is 34.5 Å². The Morgan fingerprint density at radius 1 is 0.456 bits per heavy atom. The van der Waals surface area contributed by atoms with Gasteiger partial charge in [0, 0.05) is 105 Å². The molecule has 6 fully saturated rings. The molecular formula is C49H64N18O. The molecule has 6 saturated heterocycles. The van der Waals surface area contributed by atoms with Crippen molar-refractivity contribution in [2.24, 2.45) is 0 Å². The van der Waals surface area contributed by atoms with Crippen LogP contribution in [0.1, 0.15) is 67.5 Å². The van der Waals surface area contributed by atoms with Crippen LogP contribution < -0.4 is 40.3 Å². The summed E-state index contributed by atoms with van der Waals surface area (Å²) >= 11 is 0. The normalized spacial score (nSPS) is 19.7. The molecule has 0 radical (unpaired) electrons. The highest BCUT2D eigenvalue weighted by atomic mass is 16.1. The van der Waals surface area contributed by atoms with Crippen LogP contribution in [-0.2, 0) is 0 Å². The first kappa shape index (κ1) is 42.9. The fraction of sp³-hybridized carbons (Fsp3) is 0.531. The lowest BCUT2D eigenvalue weighted by atomic mass is 10.1. The first-order chi connectivity index (χ1) is 33.4. The van der Waals surface area contributed by atoms with Crippen molar-refractivity contribution in [3.8, 4) is 0 Å². The first-order valence-electron chi connectivity index (χ1n) is 25.2. The predicted octanol–water partition coefficient (Wildman–Crippen LogP) is 4.85. The number of carbonyl (C=O) groups is 1. The summed E-state index contributed by atoms with van der Waals surface area (Å²) in [6.45, 7) is 14.9. The van der Waals surface area contributed by atoms with Gasteiger partial charge in [-0.05, 0) is 102 Å². The number of piperidine rings is 2. The molecule has 12 heterocycles. The number of likely N-dealkylation sites (N-methyl/N-ethyl adjacent to an activating group) is 2. The number of fused-ring (bicyclic) bond motifs is 2. The Morgan fingerprint density at radius 2 is 0.868 bits per heavy atom. The minimum Gasteiger partial charge on any atom is -0.368 e. The Hall–Kier alpha value is -6.47. The maximum absolute atomic E-state index is 15.9. The van der Waals surface area contributed by atoms with Crippen molar-refractivity contribution in [1.29, 1.82) is 0 Å². The number of pyridine rings is 2. The number of aromatic nitrogens is 8. The third-order valence-electron chi connectivity index (χ3n) is 14.9. The van der Waals surface area contributed by atoms with Crippen molar-refractivity contribution in [2.75, 3.05) is 159 Å². The van der Waals surface area contributed by atoms with Gasteiger partial charge in [0.2, 0.25) is 17.7 Å². The summed E-state index contributed by atoms with van der Waals surface area (Å²) in [5, 5.41) is 13.3. The Morgan fingerprint density at radius 3 is 1.22 bits per heavy atom. The lowest BCUT2D eigenvalue weighted by molar-refractivity contribution is 0.102. The molecule has 19 heteroatoms. The second-order valence-electron chi connectivity index (χ2n) is 19.6. The molecule has 19 nitrogen and oxygen atoms in total. The molecule has 2 N–H and O–H groups in total. The van der Waals surface area contributed by atoms with Gasteiger partial charge in [-0.15, -0.1) is 0 Å². The number of hydrogen-bond donors (Lipinski definition) is 2. The van der Waals surface area contributed by atoms with Crippen molar-refractivity contribution in [3.63, 3.8) is 0 Å². The first-order valence-corrected chi connectivity index (χ1v) is 25.2. The standard InChI is InChI=1S/C49H64N18O/c1-58-23-27-60(28-24-58)35-11-13-41(50-33-35)52-48-54-44(62-15-9-16-62)37-31-39(66(46(37)56-48)64-19-5-3-6-20-64)43(68)40-32-38-45(63-17-10-18-63)55-49(57-47(38)67(40)65-21-7-4-8-22-65)53-42-14-12-36(34-51-42)61-29-25-59(2)26-30-61/h11-14,31-34H,3-10,15-30H2,1-2H3,(H,50,52,54,56)(H,51,53,55,57). The zero-order chi connectivity index (χ0) is 45.7. The molecule has 6 aliphatic heterocycles. The van der Waals surface area contributed by atoms with Gasteiger partial charge in [0.1, 0.15) is 34.7 Å². The minimum absolute atomic E-state index is 0.0763. The highest BCUT2D eigenvalue weighted by molar-refractivity contribution is 6.13. The molecule has 0 spiro atoms. The maximum Gasteiger partial charge on any atom is 0.232 e. The Bertz CT molecular complexity index is 2570. The molecule has 6 aromatic heterocycles. The van der Waals surface area contributed by atoms with Crippen LogP contribution in [0, 0.1) is 0 Å². The van der Waals surface area contributed by atoms with Gasteiger partial charge in [-0.1, -0.05) is 0 Å². The average Bonchev–Trinajstić information content (AvgIpc) is 3.92. The van der Waals surface area contributed by atoms with Gasteiger partial charge < -0.3 is 50.1 Å². The predicted molar refractivity (Wildman–Crippen MR) is 270 cm³/mol. The quantitative estimate of drug-likeness (QED) is 0.161. The molecule has 0 amide bonds. The Balaban J connectivity index is 0.942. The number of hydrogen-bond acceptors (Lipinski definition) is 17. The van der Waals surface area contributed by atoms with E-state index in [2.05, 4.69) is 97.8 Å². The molecule has 0 saturated carbocycles. The molecular weight excluding hydrogens is 857 g/mol. The topological polar surface area (TPSA) is 154 Å². The smallest absolute Gasteiger partial charge is 0.232 e. The van der Waals surface area contributed by atoms with Crippen LogP contribution in [0.15, 0.2) is 48.8 Å². The van der Waals surface area contributed by atoms with E-state index in [-0.39, 0.29) is 5.78 Å². The fourth-order valence-electron chi connectivity index (χ4n) is 10.6. The summed E-state index contributed by atoms with van der Waals surface area (Å²) in [7, 11) is 4.34. The van der Waals surface area contributed by atoms with Crippen LogP contribution in [-0.4, -0.2) is 174 Å². The fourth-order valence-corrected chi connectivity index (χ4v) is 10.6. The summed E-state index contributed by atoms with van der Waals surface area (Å²) in [6, 6.07) is 12.4. The van der Waals surface area contributed by atoms with Crippen molar-refractivity contribution >= 4 is 74.4 Å².